The molecule has 1 saturated heterocycles. The van der Waals surface area contributed by atoms with Gasteiger partial charge in [-0.1, -0.05) is 44.2 Å². The molecule has 0 unspecified atom stereocenters. The van der Waals surface area contributed by atoms with Gasteiger partial charge in [-0.15, -0.1) is 11.6 Å². The van der Waals surface area contributed by atoms with Gasteiger partial charge in [0.2, 0.25) is 0 Å². The number of hydrogen-bond acceptors (Lipinski definition) is 6. The monoisotopic (exact) mass is 642 g/mol. The zero-order valence-corrected chi connectivity index (χ0v) is 28.1. The number of esters is 1. The maximum Gasteiger partial charge on any atom is 0.324 e. The summed E-state index contributed by atoms with van der Waals surface area (Å²) < 4.78 is 14.1. The van der Waals surface area contributed by atoms with Crippen LogP contribution in [0.4, 0.5) is 0 Å². The Kier molecular flexibility index (Phi) is 9.24. The van der Waals surface area contributed by atoms with Crippen molar-refractivity contribution in [2.75, 3.05) is 20.3 Å². The van der Waals surface area contributed by atoms with E-state index in [0.29, 0.717) is 32.2 Å². The van der Waals surface area contributed by atoms with Crippen LogP contribution in [0.1, 0.15) is 63.5 Å². The van der Waals surface area contributed by atoms with Crippen LogP contribution < -0.4 is 5.43 Å². The van der Waals surface area contributed by atoms with E-state index in [9.17, 15) is 9.59 Å². The van der Waals surface area contributed by atoms with Crippen LogP contribution >= 0.6 is 11.6 Å². The first kappa shape index (κ1) is 32.2. The van der Waals surface area contributed by atoms with Crippen molar-refractivity contribution in [3.05, 3.63) is 77.6 Å². The van der Waals surface area contributed by atoms with E-state index >= 15 is 0 Å². The molecule has 3 atom stereocenters. The fourth-order valence-electron chi connectivity index (χ4n) is 6.83. The van der Waals surface area contributed by atoms with Crippen molar-refractivity contribution in [3.8, 4) is 22.4 Å². The van der Waals surface area contributed by atoms with Crippen molar-refractivity contribution in [3.63, 3.8) is 0 Å². The molecule has 0 saturated carbocycles. The Morgan fingerprint density at radius 2 is 1.93 bits per heavy atom. The third-order valence-electron chi connectivity index (χ3n) is 9.26. The van der Waals surface area contributed by atoms with Gasteiger partial charge in [-0.25, -0.2) is 5.43 Å². The van der Waals surface area contributed by atoms with Crippen molar-refractivity contribution in [1.82, 2.24) is 20.0 Å². The molecule has 2 aliphatic heterocycles. The maximum absolute atomic E-state index is 13.4. The number of aryl methyl sites for hydroxylation is 1. The predicted octanol–water partition coefficient (Wildman–Crippen LogP) is 6.87. The molecule has 2 aliphatic rings. The Morgan fingerprint density at radius 1 is 1.13 bits per heavy atom. The molecule has 2 aromatic carbocycles. The molecule has 9 heteroatoms. The first-order chi connectivity index (χ1) is 22.1. The summed E-state index contributed by atoms with van der Waals surface area (Å²) in [6.07, 6.45) is 3.94. The number of carbonyl (C=O) groups excluding carboxylic acids is 2. The molecule has 6 bridgehead atoms. The average Bonchev–Trinajstić information content (AvgIpc) is 3.37. The number of methoxy groups -OCH3 is 1. The minimum atomic E-state index is -0.770. The maximum atomic E-state index is 13.4. The summed E-state index contributed by atoms with van der Waals surface area (Å²) in [4.78, 5) is 31.5. The Balaban J connectivity index is 1.55. The number of hydrazine groups is 1. The molecule has 242 valence electrons. The first-order valence-corrected chi connectivity index (χ1v) is 16.6. The van der Waals surface area contributed by atoms with Crippen LogP contribution in [0.2, 0.25) is 0 Å². The Bertz CT molecular complexity index is 1770. The molecule has 1 N–H and O–H groups in total. The molecule has 0 aliphatic carbocycles. The van der Waals surface area contributed by atoms with Crippen LogP contribution in [0.25, 0.3) is 33.3 Å². The topological polar surface area (TPSA) is 85.7 Å². The SMILES string of the molecule is CCn1c(-c2cccnc2[C@H](C)OC)c2c3cc(ccc31)-c1cccc(c1)C[C@H](Cl)C(=O)N1CCC[C@H](N1)C(=O)OCC(C)(C)C2. The van der Waals surface area contributed by atoms with Gasteiger partial charge in [0.05, 0.1) is 24.1 Å². The number of aromatic nitrogens is 2. The normalized spacial score (nSPS) is 21.1. The van der Waals surface area contributed by atoms with Gasteiger partial charge >= 0.3 is 5.97 Å². The van der Waals surface area contributed by atoms with Crippen molar-refractivity contribution in [2.24, 2.45) is 5.41 Å². The van der Waals surface area contributed by atoms with Gasteiger partial charge in [0, 0.05) is 48.3 Å². The summed E-state index contributed by atoms with van der Waals surface area (Å²) in [7, 11) is 1.71. The standard InChI is InChI=1S/C37H43ClN4O4/c1-6-41-32-15-14-26-20-28(32)29(34(41)27-12-8-16-39-33(27)23(2)45-5)21-37(3,4)22-46-36(44)31-13-9-17-42(40-31)35(43)30(38)19-24-10-7-11-25(26)18-24/h7-8,10-12,14-16,18,20,23,30-31,40H,6,9,13,17,19,21-22H2,1-5H3/t23-,30-,31-/m0/s1. The number of hydrogen-bond donors (Lipinski definition) is 1. The van der Waals surface area contributed by atoms with Crippen LogP contribution in [0.3, 0.4) is 0 Å². The highest BCUT2D eigenvalue weighted by atomic mass is 35.5. The van der Waals surface area contributed by atoms with Crippen LogP contribution in [0.15, 0.2) is 60.8 Å². The Morgan fingerprint density at radius 3 is 2.72 bits per heavy atom. The quantitative estimate of drug-likeness (QED) is 0.193. The van der Waals surface area contributed by atoms with Crippen LogP contribution in [-0.4, -0.2) is 58.1 Å². The van der Waals surface area contributed by atoms with E-state index in [4.69, 9.17) is 26.1 Å². The zero-order chi connectivity index (χ0) is 32.6. The number of rotatable bonds is 4. The van der Waals surface area contributed by atoms with Gasteiger partial charge in [-0.3, -0.25) is 19.6 Å². The van der Waals surface area contributed by atoms with Crippen LogP contribution in [0.5, 0.6) is 0 Å². The lowest BCUT2D eigenvalue weighted by molar-refractivity contribution is -0.154. The Hall–Kier alpha value is -3.72. The smallest absolute Gasteiger partial charge is 0.324 e. The van der Waals surface area contributed by atoms with E-state index < -0.39 is 16.8 Å². The molecule has 6 rings (SSSR count). The highest BCUT2D eigenvalue weighted by Gasteiger charge is 2.34. The van der Waals surface area contributed by atoms with E-state index in [1.54, 1.807) is 7.11 Å². The van der Waals surface area contributed by atoms with Gasteiger partial charge in [0.15, 0.2) is 0 Å². The molecule has 4 aromatic rings. The molecule has 4 heterocycles. The van der Waals surface area contributed by atoms with Crippen molar-refractivity contribution >= 4 is 34.4 Å². The fourth-order valence-corrected chi connectivity index (χ4v) is 7.12. The lowest BCUT2D eigenvalue weighted by atomic mass is 9.84. The van der Waals surface area contributed by atoms with Gasteiger partial charge < -0.3 is 14.0 Å². The number of ether oxygens (including phenoxy) is 2. The Labute approximate surface area is 276 Å². The summed E-state index contributed by atoms with van der Waals surface area (Å²) in [5, 5.41) is 1.88. The summed E-state index contributed by atoms with van der Waals surface area (Å²) >= 11 is 6.71. The van der Waals surface area contributed by atoms with Crippen molar-refractivity contribution < 1.29 is 19.1 Å². The number of benzene rings is 2. The molecule has 1 amide bonds. The minimum Gasteiger partial charge on any atom is -0.464 e. The number of halogens is 1. The van der Waals surface area contributed by atoms with E-state index in [1.807, 2.05) is 31.3 Å². The van der Waals surface area contributed by atoms with E-state index in [0.717, 1.165) is 51.1 Å². The highest BCUT2D eigenvalue weighted by molar-refractivity contribution is 6.30. The fraction of sp³-hybridized carbons (Fsp3) is 0.432. The number of fused-ring (bicyclic) bond motifs is 6. The largest absolute Gasteiger partial charge is 0.464 e. The van der Waals surface area contributed by atoms with Gasteiger partial charge in [-0.05, 0) is 86.1 Å². The number of nitrogens with zero attached hydrogens (tertiary/aromatic N) is 3. The van der Waals surface area contributed by atoms with Crippen molar-refractivity contribution in [1.29, 1.82) is 0 Å². The van der Waals surface area contributed by atoms with Gasteiger partial charge in [0.25, 0.3) is 5.91 Å². The summed E-state index contributed by atoms with van der Waals surface area (Å²) in [6.45, 7) is 9.94. The molecular formula is C37H43ClN4O4. The lowest BCUT2D eigenvalue weighted by Gasteiger charge is -2.34. The molecule has 1 fully saturated rings. The predicted molar refractivity (Wildman–Crippen MR) is 181 cm³/mol. The summed E-state index contributed by atoms with van der Waals surface area (Å²) in [5.41, 5.74) is 11.2. The minimum absolute atomic E-state index is 0.196. The third kappa shape index (κ3) is 6.31. The number of amides is 1. The highest BCUT2D eigenvalue weighted by Crippen LogP contribution is 2.42. The van der Waals surface area contributed by atoms with Gasteiger partial charge in [0.1, 0.15) is 11.4 Å². The molecule has 0 radical (unpaired) electrons. The third-order valence-corrected chi connectivity index (χ3v) is 9.60. The number of carbonyl (C=O) groups is 2. The van der Waals surface area contributed by atoms with Gasteiger partial charge in [-0.2, -0.15) is 0 Å². The molecule has 0 spiro atoms. The second-order valence-electron chi connectivity index (χ2n) is 13.3. The lowest BCUT2D eigenvalue weighted by Crippen LogP contribution is -2.57. The van der Waals surface area contributed by atoms with Crippen LogP contribution in [-0.2, 0) is 38.4 Å². The molecule has 2 aromatic heterocycles. The number of nitrogens with one attached hydrogen (secondary N) is 1. The van der Waals surface area contributed by atoms with E-state index in [1.165, 1.54) is 10.6 Å². The average molecular weight is 643 g/mol. The van der Waals surface area contributed by atoms with Crippen LogP contribution in [0, 0.1) is 5.41 Å². The van der Waals surface area contributed by atoms with Crippen molar-refractivity contribution in [2.45, 2.75) is 77.4 Å². The number of alkyl halides is 1. The molecular weight excluding hydrogens is 600 g/mol. The second-order valence-corrected chi connectivity index (χ2v) is 13.8. The first-order valence-electron chi connectivity index (χ1n) is 16.2. The summed E-state index contributed by atoms with van der Waals surface area (Å²) in [6, 6.07) is 18.4. The summed E-state index contributed by atoms with van der Waals surface area (Å²) in [5.74, 6) is -0.587. The second kappa shape index (κ2) is 13.2. The number of cyclic esters (lactones) is 1. The molecule has 46 heavy (non-hydrogen) atoms. The zero-order valence-electron chi connectivity index (χ0n) is 27.3. The number of pyridine rings is 1. The van der Waals surface area contributed by atoms with E-state index in [2.05, 4.69) is 67.2 Å². The van der Waals surface area contributed by atoms with E-state index in [-0.39, 0.29) is 24.6 Å². The molecule has 8 nitrogen and oxygen atoms in total.